The van der Waals surface area contributed by atoms with Crippen LogP contribution in [0.1, 0.15) is 12.0 Å². The van der Waals surface area contributed by atoms with E-state index >= 15 is 0 Å². The first kappa shape index (κ1) is 16.3. The molecule has 0 N–H and O–H groups in total. The van der Waals surface area contributed by atoms with Crippen LogP contribution >= 0.6 is 0 Å². The zero-order chi connectivity index (χ0) is 17.1. The Bertz CT molecular complexity index is 759. The second kappa shape index (κ2) is 6.90. The quantitative estimate of drug-likeness (QED) is 0.775. The fourth-order valence-corrected chi connectivity index (χ4v) is 2.30. The van der Waals surface area contributed by atoms with Gasteiger partial charge in [0.25, 0.3) is 0 Å². The Morgan fingerprint density at radius 1 is 1.04 bits per heavy atom. The lowest BCUT2D eigenvalue weighted by atomic mass is 10.2. The second-order valence-corrected chi connectivity index (χ2v) is 5.21. The minimum atomic E-state index is -0.796. The molecule has 7 heteroatoms. The molecule has 24 heavy (non-hydrogen) atoms. The maximum absolute atomic E-state index is 13.7. The Labute approximate surface area is 135 Å². The van der Waals surface area contributed by atoms with Crippen molar-refractivity contribution in [3.05, 3.63) is 65.2 Å². The third kappa shape index (κ3) is 3.50. The Balaban J connectivity index is 1.60. The van der Waals surface area contributed by atoms with E-state index in [1.165, 1.54) is 12.1 Å². The highest BCUT2D eigenvalue weighted by molar-refractivity contribution is 5.95. The van der Waals surface area contributed by atoms with Gasteiger partial charge in [0.05, 0.1) is 12.6 Å². The van der Waals surface area contributed by atoms with Crippen LogP contribution in [-0.4, -0.2) is 25.2 Å². The minimum absolute atomic E-state index is 0.0698. The molecule has 126 valence electrons. The first-order chi connectivity index (χ1) is 11.5. The van der Waals surface area contributed by atoms with Crippen molar-refractivity contribution in [3.63, 3.8) is 0 Å². The number of hydrogen-bond donors (Lipinski definition) is 0. The van der Waals surface area contributed by atoms with Crippen LogP contribution in [-0.2, 0) is 4.74 Å². The van der Waals surface area contributed by atoms with Crippen LogP contribution in [0.4, 0.5) is 17.6 Å². The van der Waals surface area contributed by atoms with E-state index in [0.717, 1.165) is 24.3 Å². The predicted molar refractivity (Wildman–Crippen MR) is 79.1 cm³/mol. The summed E-state index contributed by atoms with van der Waals surface area (Å²) in [6.07, 6.45) is 0.358. The second-order valence-electron chi connectivity index (χ2n) is 5.21. The fraction of sp³-hybridized carbons (Fsp3) is 0.235. The van der Waals surface area contributed by atoms with E-state index in [9.17, 15) is 17.6 Å². The normalized spacial score (nSPS) is 16.7. The number of nitrogens with zero attached hydrogens (tertiary/aromatic N) is 1. The summed E-state index contributed by atoms with van der Waals surface area (Å²) in [5, 5.41) is 0. The molecule has 0 amide bonds. The average molecular weight is 339 g/mol. The number of rotatable bonds is 5. The molecule has 3 nitrogen and oxygen atoms in total. The van der Waals surface area contributed by atoms with Gasteiger partial charge >= 0.3 is 0 Å². The largest absolute Gasteiger partial charge is 0.490 e. The third-order valence-electron chi connectivity index (χ3n) is 3.49. The van der Waals surface area contributed by atoms with Crippen LogP contribution in [0.3, 0.4) is 0 Å². The molecule has 1 atom stereocenters. The smallest absolute Gasteiger partial charge is 0.222 e. The van der Waals surface area contributed by atoms with E-state index in [2.05, 4.69) is 4.99 Å². The first-order valence-electron chi connectivity index (χ1n) is 7.27. The molecule has 2 aromatic carbocycles. The maximum Gasteiger partial charge on any atom is 0.222 e. The summed E-state index contributed by atoms with van der Waals surface area (Å²) in [6.45, 7) is 0.255. The summed E-state index contributed by atoms with van der Waals surface area (Å²) in [4.78, 5) is 4.13. The Morgan fingerprint density at radius 3 is 2.50 bits per heavy atom. The summed E-state index contributed by atoms with van der Waals surface area (Å²) in [7, 11) is 0. The molecule has 0 radical (unpaired) electrons. The SMILES string of the molecule is Fc1ccc(OCCC2COC(c3c(F)cccc3F)=N2)c(F)c1. The molecule has 0 aliphatic carbocycles. The molecule has 0 saturated carbocycles. The van der Waals surface area contributed by atoms with Gasteiger partial charge in [0.1, 0.15) is 29.6 Å². The zero-order valence-corrected chi connectivity index (χ0v) is 12.4. The van der Waals surface area contributed by atoms with Crippen molar-refractivity contribution in [1.29, 1.82) is 0 Å². The molecule has 1 aliphatic rings. The van der Waals surface area contributed by atoms with E-state index in [1.807, 2.05) is 0 Å². The first-order valence-corrected chi connectivity index (χ1v) is 7.27. The van der Waals surface area contributed by atoms with Crippen molar-refractivity contribution in [2.45, 2.75) is 12.5 Å². The highest BCUT2D eigenvalue weighted by atomic mass is 19.1. The highest BCUT2D eigenvalue weighted by Gasteiger charge is 2.25. The standard InChI is InChI=1S/C17H13F4NO2/c18-10-4-5-15(14(21)8-10)23-7-6-11-9-24-17(22-11)16-12(19)2-1-3-13(16)20/h1-5,8,11H,6-7,9H2. The van der Waals surface area contributed by atoms with Crippen LogP contribution in [0.15, 0.2) is 41.4 Å². The lowest BCUT2D eigenvalue weighted by Gasteiger charge is -2.08. The van der Waals surface area contributed by atoms with Gasteiger partial charge in [0.2, 0.25) is 5.90 Å². The molecule has 1 unspecified atom stereocenters. The summed E-state index contributed by atoms with van der Waals surface area (Å²) in [6, 6.07) is 6.16. The van der Waals surface area contributed by atoms with Gasteiger partial charge in [-0.05, 0) is 24.3 Å². The molecule has 0 bridgehead atoms. The topological polar surface area (TPSA) is 30.8 Å². The summed E-state index contributed by atoms with van der Waals surface area (Å²) in [5.41, 5.74) is -0.300. The fourth-order valence-electron chi connectivity index (χ4n) is 2.30. The number of halogens is 4. The Morgan fingerprint density at radius 2 is 1.79 bits per heavy atom. The van der Waals surface area contributed by atoms with Gasteiger partial charge in [-0.25, -0.2) is 22.6 Å². The molecule has 1 heterocycles. The molecular weight excluding hydrogens is 326 g/mol. The predicted octanol–water partition coefficient (Wildman–Crippen LogP) is 3.86. The monoisotopic (exact) mass is 339 g/mol. The van der Waals surface area contributed by atoms with E-state index in [0.29, 0.717) is 6.42 Å². The molecule has 0 aromatic heterocycles. The van der Waals surface area contributed by atoms with Crippen LogP contribution in [0, 0.1) is 23.3 Å². The van der Waals surface area contributed by atoms with Gasteiger partial charge in [-0.15, -0.1) is 0 Å². The number of aliphatic imine (C=N–C) groups is 1. The van der Waals surface area contributed by atoms with Crippen molar-refractivity contribution in [2.75, 3.05) is 13.2 Å². The van der Waals surface area contributed by atoms with Crippen LogP contribution in [0.25, 0.3) is 0 Å². The molecule has 1 aliphatic heterocycles. The lowest BCUT2D eigenvalue weighted by molar-refractivity contribution is 0.257. The third-order valence-corrected chi connectivity index (χ3v) is 3.49. The number of hydrogen-bond acceptors (Lipinski definition) is 3. The van der Waals surface area contributed by atoms with E-state index < -0.39 is 23.3 Å². The summed E-state index contributed by atoms with van der Waals surface area (Å²) < 4.78 is 64.1. The minimum Gasteiger partial charge on any atom is -0.490 e. The van der Waals surface area contributed by atoms with Gasteiger partial charge in [-0.1, -0.05) is 6.07 Å². The van der Waals surface area contributed by atoms with E-state index in [1.54, 1.807) is 0 Å². The van der Waals surface area contributed by atoms with Crippen LogP contribution < -0.4 is 4.74 Å². The average Bonchev–Trinajstić information content (AvgIpc) is 2.98. The van der Waals surface area contributed by atoms with Crippen molar-refractivity contribution in [1.82, 2.24) is 0 Å². The summed E-state index contributed by atoms with van der Waals surface area (Å²) >= 11 is 0. The van der Waals surface area contributed by atoms with E-state index in [4.69, 9.17) is 9.47 Å². The zero-order valence-electron chi connectivity index (χ0n) is 12.4. The van der Waals surface area contributed by atoms with Crippen molar-refractivity contribution in [3.8, 4) is 5.75 Å². The molecule has 0 fully saturated rings. The highest BCUT2D eigenvalue weighted by Crippen LogP contribution is 2.21. The molecule has 0 spiro atoms. The van der Waals surface area contributed by atoms with E-state index in [-0.39, 0.29) is 36.5 Å². The molecule has 0 saturated heterocycles. The van der Waals surface area contributed by atoms with Crippen LogP contribution in [0.5, 0.6) is 5.75 Å². The van der Waals surface area contributed by atoms with Crippen LogP contribution in [0.2, 0.25) is 0 Å². The van der Waals surface area contributed by atoms with Crippen molar-refractivity contribution in [2.24, 2.45) is 4.99 Å². The summed E-state index contributed by atoms with van der Waals surface area (Å²) in [5.74, 6) is -3.15. The maximum atomic E-state index is 13.7. The van der Waals surface area contributed by atoms with Gasteiger partial charge in [-0.3, -0.25) is 0 Å². The van der Waals surface area contributed by atoms with Gasteiger partial charge in [0.15, 0.2) is 11.6 Å². The molecular formula is C17H13F4NO2. The Kier molecular flexibility index (Phi) is 4.69. The number of ether oxygens (including phenoxy) is 2. The van der Waals surface area contributed by atoms with Gasteiger partial charge in [0, 0.05) is 12.5 Å². The Hall–Kier alpha value is -2.57. The lowest BCUT2D eigenvalue weighted by Crippen LogP contribution is -2.12. The van der Waals surface area contributed by atoms with Gasteiger partial charge < -0.3 is 9.47 Å². The number of benzene rings is 2. The van der Waals surface area contributed by atoms with Gasteiger partial charge in [-0.2, -0.15) is 0 Å². The molecule has 3 rings (SSSR count). The van der Waals surface area contributed by atoms with Crippen molar-refractivity contribution < 1.29 is 27.0 Å². The van der Waals surface area contributed by atoms with Crippen molar-refractivity contribution >= 4 is 5.90 Å². The molecule has 2 aromatic rings.